The molecular weight excluding hydrogens is 384 g/mol. The van der Waals surface area contributed by atoms with Gasteiger partial charge in [0.15, 0.2) is 0 Å². The molecule has 1 N–H and O–H groups in total. The fourth-order valence-electron chi connectivity index (χ4n) is 3.71. The second kappa shape index (κ2) is 9.55. The molecule has 0 spiro atoms. The Bertz CT molecular complexity index is 947. The molecular formula is C23H30N2O3S. The van der Waals surface area contributed by atoms with Gasteiger partial charge >= 0.3 is 0 Å². The maximum atomic E-state index is 12.5. The van der Waals surface area contributed by atoms with Crippen LogP contribution in [0.2, 0.25) is 0 Å². The number of carbonyl (C=O) groups is 1. The van der Waals surface area contributed by atoms with Crippen LogP contribution in [-0.4, -0.2) is 31.7 Å². The number of sulfonamides is 1. The van der Waals surface area contributed by atoms with Gasteiger partial charge < -0.3 is 5.32 Å². The second-order valence-corrected chi connectivity index (χ2v) is 9.52. The van der Waals surface area contributed by atoms with E-state index in [9.17, 15) is 13.2 Å². The first-order valence-electron chi connectivity index (χ1n) is 10.4. The van der Waals surface area contributed by atoms with E-state index in [1.165, 1.54) is 11.1 Å². The van der Waals surface area contributed by atoms with Gasteiger partial charge in [-0.1, -0.05) is 44.2 Å². The van der Waals surface area contributed by atoms with E-state index >= 15 is 0 Å². The summed E-state index contributed by atoms with van der Waals surface area (Å²) in [6, 6.07) is 13.3. The molecule has 3 rings (SSSR count). The number of rotatable bonds is 8. The van der Waals surface area contributed by atoms with Gasteiger partial charge in [0, 0.05) is 25.2 Å². The smallest absolute Gasteiger partial charge is 0.251 e. The summed E-state index contributed by atoms with van der Waals surface area (Å²) in [5.41, 5.74) is 4.89. The van der Waals surface area contributed by atoms with Crippen molar-refractivity contribution in [1.82, 2.24) is 9.62 Å². The van der Waals surface area contributed by atoms with Crippen molar-refractivity contribution in [3.8, 4) is 0 Å². The molecule has 0 aliphatic carbocycles. The zero-order valence-corrected chi connectivity index (χ0v) is 18.1. The lowest BCUT2D eigenvalue weighted by molar-refractivity contribution is 0.0951. The number of amides is 1. The number of hydrogen-bond donors (Lipinski definition) is 1. The van der Waals surface area contributed by atoms with Crippen LogP contribution in [0.25, 0.3) is 0 Å². The first-order valence-corrected chi connectivity index (χ1v) is 12.0. The molecule has 1 amide bonds. The predicted octanol–water partition coefficient (Wildman–Crippen LogP) is 3.67. The minimum atomic E-state index is -3.27. The molecule has 0 saturated carbocycles. The molecule has 0 unspecified atom stereocenters. The van der Waals surface area contributed by atoms with Crippen molar-refractivity contribution in [2.75, 3.05) is 13.1 Å². The molecule has 1 fully saturated rings. The molecule has 0 bridgehead atoms. The Balaban J connectivity index is 1.62. The molecule has 5 nitrogen and oxygen atoms in total. The van der Waals surface area contributed by atoms with E-state index in [1.54, 1.807) is 28.6 Å². The van der Waals surface area contributed by atoms with E-state index in [2.05, 4.69) is 37.4 Å². The van der Waals surface area contributed by atoms with Gasteiger partial charge in [0.2, 0.25) is 10.0 Å². The molecule has 0 radical (unpaired) electrons. The van der Waals surface area contributed by atoms with Crippen LogP contribution in [0, 0.1) is 0 Å². The quantitative estimate of drug-likeness (QED) is 0.717. The molecule has 1 aliphatic heterocycles. The van der Waals surface area contributed by atoms with Crippen molar-refractivity contribution >= 4 is 15.9 Å². The summed E-state index contributed by atoms with van der Waals surface area (Å²) < 4.78 is 26.4. The lowest BCUT2D eigenvalue weighted by Crippen LogP contribution is -2.29. The van der Waals surface area contributed by atoms with Crippen LogP contribution >= 0.6 is 0 Å². The van der Waals surface area contributed by atoms with Crippen molar-refractivity contribution in [1.29, 1.82) is 0 Å². The molecule has 2 aromatic carbocycles. The average molecular weight is 415 g/mol. The van der Waals surface area contributed by atoms with Crippen LogP contribution < -0.4 is 5.32 Å². The molecule has 0 atom stereocenters. The number of nitrogens with one attached hydrogen (secondary N) is 1. The standard InChI is InChI=1S/C23H30N2O3S/c1-3-18-7-10-20(4-2)22(15-18)16-24-23(26)21-11-8-19(9-12-21)17-29(27,28)25-13-5-6-14-25/h7-12,15H,3-6,13-14,16-17H2,1-2H3,(H,24,26). The van der Waals surface area contributed by atoms with Gasteiger partial charge in [0.25, 0.3) is 5.91 Å². The molecule has 2 aromatic rings. The maximum Gasteiger partial charge on any atom is 0.251 e. The molecule has 29 heavy (non-hydrogen) atoms. The van der Waals surface area contributed by atoms with Crippen molar-refractivity contribution in [2.45, 2.75) is 51.8 Å². The summed E-state index contributed by atoms with van der Waals surface area (Å²) in [5.74, 6) is -0.165. The van der Waals surface area contributed by atoms with Gasteiger partial charge in [0.1, 0.15) is 0 Å². The van der Waals surface area contributed by atoms with E-state index < -0.39 is 10.0 Å². The molecule has 1 saturated heterocycles. The minimum Gasteiger partial charge on any atom is -0.348 e. The zero-order valence-electron chi connectivity index (χ0n) is 17.3. The maximum absolute atomic E-state index is 12.5. The van der Waals surface area contributed by atoms with Gasteiger partial charge in [-0.3, -0.25) is 4.79 Å². The van der Waals surface area contributed by atoms with Gasteiger partial charge in [0.05, 0.1) is 5.75 Å². The Morgan fingerprint density at radius 2 is 1.59 bits per heavy atom. The first-order chi connectivity index (χ1) is 13.9. The van der Waals surface area contributed by atoms with Gasteiger partial charge in [-0.2, -0.15) is 0 Å². The molecule has 1 aliphatic rings. The number of aryl methyl sites for hydroxylation is 2. The highest BCUT2D eigenvalue weighted by Gasteiger charge is 2.25. The summed E-state index contributed by atoms with van der Waals surface area (Å²) in [7, 11) is -3.27. The fourth-order valence-corrected chi connectivity index (χ4v) is 5.32. The van der Waals surface area contributed by atoms with Crippen LogP contribution in [0.4, 0.5) is 0 Å². The summed E-state index contributed by atoms with van der Waals surface area (Å²) >= 11 is 0. The summed E-state index contributed by atoms with van der Waals surface area (Å²) in [5, 5.41) is 2.99. The van der Waals surface area contributed by atoms with Gasteiger partial charge in [-0.15, -0.1) is 0 Å². The van der Waals surface area contributed by atoms with Crippen LogP contribution in [0.5, 0.6) is 0 Å². The van der Waals surface area contributed by atoms with Crippen molar-refractivity contribution < 1.29 is 13.2 Å². The Hall–Kier alpha value is -2.18. The lowest BCUT2D eigenvalue weighted by Gasteiger charge is -2.15. The fraction of sp³-hybridized carbons (Fsp3) is 0.435. The first kappa shape index (κ1) is 21.5. The van der Waals surface area contributed by atoms with E-state index in [-0.39, 0.29) is 11.7 Å². The van der Waals surface area contributed by atoms with Crippen LogP contribution in [0.15, 0.2) is 42.5 Å². The van der Waals surface area contributed by atoms with Crippen molar-refractivity contribution in [2.24, 2.45) is 0 Å². The summed E-state index contributed by atoms with van der Waals surface area (Å²) in [6.45, 7) is 5.94. The molecule has 0 aromatic heterocycles. The largest absolute Gasteiger partial charge is 0.348 e. The highest BCUT2D eigenvalue weighted by atomic mass is 32.2. The molecule has 1 heterocycles. The van der Waals surface area contributed by atoms with E-state index in [4.69, 9.17) is 0 Å². The monoisotopic (exact) mass is 414 g/mol. The van der Waals surface area contributed by atoms with Gasteiger partial charge in [-0.05, 0) is 60.1 Å². The van der Waals surface area contributed by atoms with E-state index in [1.807, 2.05) is 0 Å². The molecule has 156 valence electrons. The van der Waals surface area contributed by atoms with Crippen LogP contribution in [-0.2, 0) is 35.2 Å². The Morgan fingerprint density at radius 1 is 0.931 bits per heavy atom. The predicted molar refractivity (Wildman–Crippen MR) is 116 cm³/mol. The SMILES string of the molecule is CCc1ccc(CC)c(CNC(=O)c2ccc(CS(=O)(=O)N3CCCC3)cc2)c1. The van der Waals surface area contributed by atoms with E-state index in [0.29, 0.717) is 30.8 Å². The third-order valence-corrected chi connectivity index (χ3v) is 7.37. The van der Waals surface area contributed by atoms with E-state index in [0.717, 1.165) is 31.2 Å². The minimum absolute atomic E-state index is 0.0153. The molecule has 6 heteroatoms. The summed E-state index contributed by atoms with van der Waals surface area (Å²) in [4.78, 5) is 12.5. The third kappa shape index (κ3) is 5.46. The number of nitrogens with zero attached hydrogens (tertiary/aromatic N) is 1. The van der Waals surface area contributed by atoms with Crippen LogP contribution in [0.1, 0.15) is 59.3 Å². The second-order valence-electron chi connectivity index (χ2n) is 7.55. The van der Waals surface area contributed by atoms with Crippen molar-refractivity contribution in [3.05, 3.63) is 70.3 Å². The topological polar surface area (TPSA) is 66.5 Å². The number of carbonyl (C=O) groups excluding carboxylic acids is 1. The Kier molecular flexibility index (Phi) is 7.09. The Labute approximate surface area is 174 Å². The summed E-state index contributed by atoms with van der Waals surface area (Å²) in [6.07, 6.45) is 3.75. The van der Waals surface area contributed by atoms with Gasteiger partial charge in [-0.25, -0.2) is 12.7 Å². The highest BCUT2D eigenvalue weighted by molar-refractivity contribution is 7.88. The third-order valence-electron chi connectivity index (χ3n) is 5.52. The highest BCUT2D eigenvalue weighted by Crippen LogP contribution is 2.18. The van der Waals surface area contributed by atoms with Crippen molar-refractivity contribution in [3.63, 3.8) is 0 Å². The Morgan fingerprint density at radius 3 is 2.21 bits per heavy atom. The van der Waals surface area contributed by atoms with Crippen LogP contribution in [0.3, 0.4) is 0 Å². The number of benzene rings is 2. The lowest BCUT2D eigenvalue weighted by atomic mass is 10.0. The average Bonchev–Trinajstić information content (AvgIpc) is 3.28. The normalized spacial score (nSPS) is 14.8. The zero-order chi connectivity index (χ0) is 20.9. The number of hydrogen-bond acceptors (Lipinski definition) is 3.